The molecular formula is C21H19FN2O3S. The van der Waals surface area contributed by atoms with Crippen LogP contribution in [0.4, 0.5) is 9.39 Å². The Bertz CT molecular complexity index is 1110. The predicted octanol–water partition coefficient (Wildman–Crippen LogP) is 4.66. The summed E-state index contributed by atoms with van der Waals surface area (Å²) in [7, 11) is 0. The standard InChI is InChI=1S/C21H19FN2O3S/c1-3-27-21(26)18-13-5-4-6-17(13)28-20(18)24-19(25)15-9-11(2)23-16-8-7-12(22)10-14(15)16/h7-10H,3-6H2,1-2H3,(H,24,25). The average molecular weight is 398 g/mol. The Kier molecular flexibility index (Phi) is 4.85. The van der Waals surface area contributed by atoms with Crippen LogP contribution in [0, 0.1) is 12.7 Å². The second-order valence-corrected chi connectivity index (χ2v) is 7.81. The van der Waals surface area contributed by atoms with Gasteiger partial charge in [0.05, 0.1) is 23.3 Å². The molecule has 28 heavy (non-hydrogen) atoms. The molecule has 0 bridgehead atoms. The SMILES string of the molecule is CCOC(=O)c1c(NC(=O)c2cc(C)nc3ccc(F)cc23)sc2c1CCC2. The number of thiophene rings is 1. The first-order valence-electron chi connectivity index (χ1n) is 9.18. The number of rotatable bonds is 4. The second kappa shape index (κ2) is 7.31. The number of hydrogen-bond donors (Lipinski definition) is 1. The maximum Gasteiger partial charge on any atom is 0.341 e. The molecule has 4 rings (SSSR count). The lowest BCUT2D eigenvalue weighted by Gasteiger charge is -2.10. The molecule has 1 aliphatic carbocycles. The molecule has 1 aliphatic rings. The highest BCUT2D eigenvalue weighted by Gasteiger charge is 2.28. The number of pyridine rings is 1. The van der Waals surface area contributed by atoms with Crippen LogP contribution in [0.3, 0.4) is 0 Å². The highest BCUT2D eigenvalue weighted by Crippen LogP contribution is 2.40. The zero-order valence-electron chi connectivity index (χ0n) is 15.6. The number of aromatic nitrogens is 1. The maximum absolute atomic E-state index is 13.8. The van der Waals surface area contributed by atoms with Gasteiger partial charge in [-0.05, 0) is 62.9 Å². The fraction of sp³-hybridized carbons (Fsp3) is 0.286. The summed E-state index contributed by atoms with van der Waals surface area (Å²) in [6.07, 6.45) is 2.69. The van der Waals surface area contributed by atoms with Crippen molar-refractivity contribution < 1.29 is 18.7 Å². The summed E-state index contributed by atoms with van der Waals surface area (Å²) in [4.78, 5) is 31.0. The van der Waals surface area contributed by atoms with Crippen LogP contribution in [-0.4, -0.2) is 23.5 Å². The summed E-state index contributed by atoms with van der Waals surface area (Å²) < 4.78 is 19.0. The number of hydrogen-bond acceptors (Lipinski definition) is 5. The third kappa shape index (κ3) is 3.26. The number of ether oxygens (including phenoxy) is 1. The van der Waals surface area contributed by atoms with Gasteiger partial charge in [0.2, 0.25) is 0 Å². The third-order valence-corrected chi connectivity index (χ3v) is 5.98. The van der Waals surface area contributed by atoms with Crippen LogP contribution in [0.2, 0.25) is 0 Å². The van der Waals surface area contributed by atoms with Gasteiger partial charge in [0.15, 0.2) is 0 Å². The number of benzene rings is 1. The Labute approximate surface area is 165 Å². The van der Waals surface area contributed by atoms with E-state index in [9.17, 15) is 14.0 Å². The van der Waals surface area contributed by atoms with Crippen LogP contribution in [0.25, 0.3) is 10.9 Å². The lowest BCUT2D eigenvalue weighted by atomic mass is 10.1. The Morgan fingerprint density at radius 3 is 2.89 bits per heavy atom. The molecular weight excluding hydrogens is 379 g/mol. The molecule has 1 N–H and O–H groups in total. The summed E-state index contributed by atoms with van der Waals surface area (Å²) in [5, 5.41) is 3.79. The van der Waals surface area contributed by atoms with Crippen molar-refractivity contribution in [3.63, 3.8) is 0 Å². The minimum atomic E-state index is -0.436. The van der Waals surface area contributed by atoms with E-state index < -0.39 is 17.7 Å². The number of esters is 1. The number of nitrogens with one attached hydrogen (secondary N) is 1. The van der Waals surface area contributed by atoms with Crippen molar-refractivity contribution in [2.45, 2.75) is 33.1 Å². The zero-order valence-corrected chi connectivity index (χ0v) is 16.4. The van der Waals surface area contributed by atoms with Gasteiger partial charge in [-0.25, -0.2) is 9.18 Å². The van der Waals surface area contributed by atoms with Crippen molar-refractivity contribution in [1.29, 1.82) is 0 Å². The molecule has 0 aliphatic heterocycles. The Morgan fingerprint density at radius 1 is 1.29 bits per heavy atom. The van der Waals surface area contributed by atoms with Crippen molar-refractivity contribution in [2.75, 3.05) is 11.9 Å². The van der Waals surface area contributed by atoms with Gasteiger partial charge >= 0.3 is 5.97 Å². The first-order valence-corrected chi connectivity index (χ1v) is 9.99. The average Bonchev–Trinajstić information content (AvgIpc) is 3.22. The van der Waals surface area contributed by atoms with Crippen LogP contribution in [0.5, 0.6) is 0 Å². The lowest BCUT2D eigenvalue weighted by Crippen LogP contribution is -2.16. The molecule has 0 fully saturated rings. The summed E-state index contributed by atoms with van der Waals surface area (Å²) in [6, 6.07) is 5.80. The lowest BCUT2D eigenvalue weighted by molar-refractivity contribution is 0.0527. The molecule has 7 heteroatoms. The molecule has 1 aromatic carbocycles. The van der Waals surface area contributed by atoms with Gasteiger partial charge in [0.1, 0.15) is 10.8 Å². The number of fused-ring (bicyclic) bond motifs is 2. The van der Waals surface area contributed by atoms with Gasteiger partial charge < -0.3 is 10.1 Å². The molecule has 0 spiro atoms. The molecule has 144 valence electrons. The summed E-state index contributed by atoms with van der Waals surface area (Å²) in [5.41, 5.74) is 2.95. The highest BCUT2D eigenvalue weighted by atomic mass is 32.1. The minimum Gasteiger partial charge on any atom is -0.462 e. The van der Waals surface area contributed by atoms with Gasteiger partial charge in [-0.1, -0.05) is 0 Å². The minimum absolute atomic E-state index is 0.268. The van der Waals surface area contributed by atoms with Crippen molar-refractivity contribution in [1.82, 2.24) is 4.98 Å². The number of carbonyl (C=O) groups excluding carboxylic acids is 2. The van der Waals surface area contributed by atoms with Crippen molar-refractivity contribution in [2.24, 2.45) is 0 Å². The largest absolute Gasteiger partial charge is 0.462 e. The third-order valence-electron chi connectivity index (χ3n) is 4.77. The van der Waals surface area contributed by atoms with Crippen molar-refractivity contribution in [3.05, 3.63) is 57.3 Å². The van der Waals surface area contributed by atoms with Crippen molar-refractivity contribution in [3.8, 4) is 0 Å². The van der Waals surface area contributed by atoms with Gasteiger partial charge in [0, 0.05) is 16.0 Å². The molecule has 0 saturated carbocycles. The summed E-state index contributed by atoms with van der Waals surface area (Å²) in [5.74, 6) is -1.25. The van der Waals surface area contributed by atoms with E-state index in [1.54, 1.807) is 26.0 Å². The molecule has 0 atom stereocenters. The van der Waals surface area contributed by atoms with E-state index in [-0.39, 0.29) is 6.61 Å². The fourth-order valence-electron chi connectivity index (χ4n) is 3.60. The molecule has 0 saturated heterocycles. The van der Waals surface area contributed by atoms with E-state index in [4.69, 9.17) is 4.74 Å². The van der Waals surface area contributed by atoms with Crippen molar-refractivity contribution >= 4 is 39.1 Å². The van der Waals surface area contributed by atoms with E-state index >= 15 is 0 Å². The van der Waals surface area contributed by atoms with E-state index in [1.165, 1.54) is 23.5 Å². The van der Waals surface area contributed by atoms with Gasteiger partial charge in [0.25, 0.3) is 5.91 Å². The molecule has 5 nitrogen and oxygen atoms in total. The molecule has 2 heterocycles. The monoisotopic (exact) mass is 398 g/mol. The Hall–Kier alpha value is -2.80. The van der Waals surface area contributed by atoms with Crippen LogP contribution < -0.4 is 5.32 Å². The van der Waals surface area contributed by atoms with Gasteiger partial charge in [-0.3, -0.25) is 9.78 Å². The van der Waals surface area contributed by atoms with Crippen LogP contribution >= 0.6 is 11.3 Å². The Morgan fingerprint density at radius 2 is 2.11 bits per heavy atom. The van der Waals surface area contributed by atoms with E-state index in [2.05, 4.69) is 10.3 Å². The second-order valence-electron chi connectivity index (χ2n) is 6.71. The van der Waals surface area contributed by atoms with Gasteiger partial charge in [-0.15, -0.1) is 11.3 Å². The first kappa shape index (κ1) is 18.6. The summed E-state index contributed by atoms with van der Waals surface area (Å²) >= 11 is 1.42. The van der Waals surface area contributed by atoms with Crippen LogP contribution in [0.1, 0.15) is 50.2 Å². The van der Waals surface area contributed by atoms with Crippen LogP contribution in [0.15, 0.2) is 24.3 Å². The van der Waals surface area contributed by atoms with Gasteiger partial charge in [-0.2, -0.15) is 0 Å². The molecule has 3 aromatic rings. The number of carbonyl (C=O) groups is 2. The topological polar surface area (TPSA) is 68.3 Å². The molecule has 2 aromatic heterocycles. The number of amides is 1. The summed E-state index contributed by atoms with van der Waals surface area (Å²) in [6.45, 7) is 3.80. The zero-order chi connectivity index (χ0) is 19.8. The van der Waals surface area contributed by atoms with E-state index in [0.29, 0.717) is 32.7 Å². The number of anilines is 1. The van der Waals surface area contributed by atoms with E-state index in [1.807, 2.05) is 0 Å². The quantitative estimate of drug-likeness (QED) is 0.649. The van der Waals surface area contributed by atoms with E-state index in [0.717, 1.165) is 29.7 Å². The highest BCUT2D eigenvalue weighted by molar-refractivity contribution is 7.17. The molecule has 0 radical (unpaired) electrons. The predicted molar refractivity (Wildman–Crippen MR) is 107 cm³/mol. The molecule has 1 amide bonds. The normalized spacial score (nSPS) is 12.8. The molecule has 0 unspecified atom stereocenters. The number of halogens is 1. The maximum atomic E-state index is 13.8. The van der Waals surface area contributed by atoms with Crippen LogP contribution in [-0.2, 0) is 17.6 Å². The fourth-order valence-corrected chi connectivity index (χ4v) is 4.87. The number of nitrogens with zero attached hydrogens (tertiary/aromatic N) is 1. The number of aryl methyl sites for hydroxylation is 2. The Balaban J connectivity index is 1.75. The first-order chi connectivity index (χ1) is 13.5. The smallest absolute Gasteiger partial charge is 0.341 e.